The van der Waals surface area contributed by atoms with Crippen LogP contribution in [-0.4, -0.2) is 18.0 Å². The Morgan fingerprint density at radius 2 is 1.55 bits per heavy atom. The van der Waals surface area contributed by atoms with Crippen molar-refractivity contribution in [3.8, 4) is 33.6 Å². The monoisotopic (exact) mass is 851 g/mol. The molecule has 0 amide bonds. The fraction of sp³-hybridized carbons (Fsp3) is 0.227. The number of benzene rings is 4. The summed E-state index contributed by atoms with van der Waals surface area (Å²) in [7, 11) is -1.27. The normalized spacial score (nSPS) is 13.2. The van der Waals surface area contributed by atoms with Gasteiger partial charge in [-0.15, -0.1) is 59.7 Å². The van der Waals surface area contributed by atoms with Gasteiger partial charge in [0.2, 0.25) is 0 Å². The number of aromatic nitrogens is 2. The van der Waals surface area contributed by atoms with Gasteiger partial charge < -0.3 is 9.97 Å². The first-order valence-electron chi connectivity index (χ1n) is 17.2. The number of fused-ring (bicyclic) bond motifs is 3. The van der Waals surface area contributed by atoms with Crippen molar-refractivity contribution in [2.75, 3.05) is 0 Å². The molecule has 0 N–H and O–H groups in total. The average Bonchev–Trinajstić information content (AvgIpc) is 3.76. The minimum absolute atomic E-state index is 0. The Hall–Kier alpha value is -3.73. The fourth-order valence-corrected chi connectivity index (χ4v) is 9.96. The van der Waals surface area contributed by atoms with Crippen LogP contribution >= 0.6 is 11.3 Å². The third kappa shape index (κ3) is 8.03. The van der Waals surface area contributed by atoms with Gasteiger partial charge >= 0.3 is 0 Å². The average molecular weight is 851 g/mol. The number of thiophene rings is 1. The Kier molecular flexibility index (Phi) is 11.1. The quantitative estimate of drug-likeness (QED) is 0.123. The second-order valence-electron chi connectivity index (χ2n) is 14.1. The van der Waals surface area contributed by atoms with E-state index in [1.807, 2.05) is 35.7 Å². The predicted octanol–water partition coefficient (Wildman–Crippen LogP) is 11.7. The molecule has 0 atom stereocenters. The van der Waals surface area contributed by atoms with Crippen molar-refractivity contribution in [1.82, 2.24) is 9.97 Å². The molecule has 1 saturated carbocycles. The Balaban J connectivity index is 0.000000198. The number of pyridine rings is 2. The van der Waals surface area contributed by atoms with Crippen molar-refractivity contribution in [3.63, 3.8) is 0 Å². The first-order chi connectivity index (χ1) is 23.3. The van der Waals surface area contributed by atoms with Gasteiger partial charge in [-0.1, -0.05) is 110 Å². The molecule has 5 heteroatoms. The zero-order valence-corrected chi connectivity index (χ0v) is 32.9. The molecule has 0 unspecified atom stereocenters. The molecule has 1 fully saturated rings. The van der Waals surface area contributed by atoms with Gasteiger partial charge in [0.25, 0.3) is 0 Å². The van der Waals surface area contributed by atoms with Gasteiger partial charge in [0, 0.05) is 37.2 Å². The maximum atomic E-state index is 4.75. The SMILES string of the molecule is Cc1cc(-c2[c-]cccc2)ncc1[Si](C)(C)C.[Ir].[c-]1ccc2c(sc3ccc(-c4ccccc4)cc32)c1-c1cc(CC2CCCC2)ccn1. The van der Waals surface area contributed by atoms with E-state index in [1.165, 1.54) is 79.7 Å². The molecule has 8 rings (SSSR count). The van der Waals surface area contributed by atoms with Crippen LogP contribution in [0.4, 0.5) is 0 Å². The van der Waals surface area contributed by atoms with Gasteiger partial charge in [0.15, 0.2) is 0 Å². The first kappa shape index (κ1) is 35.1. The largest absolute Gasteiger partial charge is 0.305 e. The van der Waals surface area contributed by atoms with Crippen LogP contribution in [0, 0.1) is 25.0 Å². The molecule has 0 aliphatic heterocycles. The fourth-order valence-electron chi connectivity index (χ4n) is 7.07. The van der Waals surface area contributed by atoms with Crippen LogP contribution in [-0.2, 0) is 26.5 Å². The van der Waals surface area contributed by atoms with Crippen molar-refractivity contribution < 1.29 is 20.1 Å². The molecule has 4 aromatic carbocycles. The van der Waals surface area contributed by atoms with Crippen LogP contribution in [0.25, 0.3) is 53.8 Å². The van der Waals surface area contributed by atoms with Crippen LogP contribution in [0.15, 0.2) is 116 Å². The van der Waals surface area contributed by atoms with Crippen LogP contribution in [0.2, 0.25) is 19.6 Å². The van der Waals surface area contributed by atoms with Crippen LogP contribution in [0.5, 0.6) is 0 Å². The van der Waals surface area contributed by atoms with Crippen molar-refractivity contribution in [2.45, 2.75) is 58.7 Å². The zero-order valence-electron chi connectivity index (χ0n) is 28.7. The summed E-state index contributed by atoms with van der Waals surface area (Å²) < 4.78 is 2.60. The van der Waals surface area contributed by atoms with E-state index < -0.39 is 8.07 Å². The maximum absolute atomic E-state index is 4.75. The number of hydrogen-bond acceptors (Lipinski definition) is 3. The van der Waals surface area contributed by atoms with E-state index in [4.69, 9.17) is 4.98 Å². The van der Waals surface area contributed by atoms with E-state index in [0.717, 1.165) is 28.4 Å². The van der Waals surface area contributed by atoms with E-state index in [1.54, 1.807) is 0 Å². The molecule has 7 aromatic rings. The van der Waals surface area contributed by atoms with E-state index in [-0.39, 0.29) is 20.1 Å². The molecule has 1 aliphatic rings. The molecule has 49 heavy (non-hydrogen) atoms. The van der Waals surface area contributed by atoms with Gasteiger partial charge in [0.1, 0.15) is 0 Å². The molecule has 3 heterocycles. The summed E-state index contributed by atoms with van der Waals surface area (Å²) in [5, 5.41) is 4.06. The number of hydrogen-bond donors (Lipinski definition) is 0. The van der Waals surface area contributed by atoms with E-state index in [2.05, 4.69) is 135 Å². The van der Waals surface area contributed by atoms with Crippen molar-refractivity contribution in [1.29, 1.82) is 0 Å². The summed E-state index contributed by atoms with van der Waals surface area (Å²) in [5.41, 5.74) is 9.56. The third-order valence-corrected chi connectivity index (χ3v) is 12.9. The summed E-state index contributed by atoms with van der Waals surface area (Å²) in [5.74, 6) is 0.843. The molecule has 1 aliphatic carbocycles. The molecule has 249 valence electrons. The summed E-state index contributed by atoms with van der Waals surface area (Å²) in [6, 6.07) is 43.1. The summed E-state index contributed by atoms with van der Waals surface area (Å²) >= 11 is 1.85. The number of aryl methyl sites for hydroxylation is 1. The first-order valence-corrected chi connectivity index (χ1v) is 21.5. The molecular formula is C44H42IrN2SSi-2. The van der Waals surface area contributed by atoms with Gasteiger partial charge in [-0.2, -0.15) is 11.3 Å². The van der Waals surface area contributed by atoms with E-state index >= 15 is 0 Å². The molecule has 2 nitrogen and oxygen atoms in total. The molecule has 0 saturated heterocycles. The molecule has 0 spiro atoms. The Morgan fingerprint density at radius 1 is 0.755 bits per heavy atom. The molecule has 3 aromatic heterocycles. The maximum Gasteiger partial charge on any atom is 0.0798 e. The second-order valence-corrected chi connectivity index (χ2v) is 20.2. The molecule has 1 radical (unpaired) electrons. The van der Waals surface area contributed by atoms with Crippen LogP contribution in [0.3, 0.4) is 0 Å². The smallest absolute Gasteiger partial charge is 0.0798 e. The van der Waals surface area contributed by atoms with Gasteiger partial charge in [-0.05, 0) is 75.2 Å². The third-order valence-electron chi connectivity index (χ3n) is 9.52. The van der Waals surface area contributed by atoms with E-state index in [9.17, 15) is 0 Å². The van der Waals surface area contributed by atoms with Crippen LogP contribution < -0.4 is 5.19 Å². The zero-order chi connectivity index (χ0) is 33.1. The number of rotatable bonds is 6. The Labute approximate surface area is 310 Å². The van der Waals surface area contributed by atoms with E-state index in [0.29, 0.717) is 0 Å². The topological polar surface area (TPSA) is 25.8 Å². The van der Waals surface area contributed by atoms with Gasteiger partial charge in [-0.3, -0.25) is 0 Å². The summed E-state index contributed by atoms with van der Waals surface area (Å²) in [4.78, 5) is 9.32. The van der Waals surface area contributed by atoms with Crippen molar-refractivity contribution in [2.24, 2.45) is 5.92 Å². The predicted molar refractivity (Wildman–Crippen MR) is 209 cm³/mol. The van der Waals surface area contributed by atoms with Crippen LogP contribution in [0.1, 0.15) is 36.8 Å². The van der Waals surface area contributed by atoms with Crippen molar-refractivity contribution in [3.05, 3.63) is 139 Å². The number of nitrogens with zero attached hydrogens (tertiary/aromatic N) is 2. The Morgan fingerprint density at radius 3 is 2.29 bits per heavy atom. The Bertz CT molecular complexity index is 2160. The summed E-state index contributed by atoms with van der Waals surface area (Å²) in [6.45, 7) is 9.24. The minimum Gasteiger partial charge on any atom is -0.305 e. The molecular weight excluding hydrogens is 809 g/mol. The minimum atomic E-state index is -1.27. The molecule has 0 bridgehead atoms. The van der Waals surface area contributed by atoms with Gasteiger partial charge in [-0.25, -0.2) is 0 Å². The second kappa shape index (κ2) is 15.4. The standard InChI is InChI=1S/C29H24NS.C15H18NSi.Ir/c1-2-9-22(10-3-1)23-13-14-28-26(19-23)24-11-6-12-25(29(24)31-28)27-18-21(15-16-30-27)17-20-7-4-5-8-20;1-12-10-14(13-8-6-5-7-9-13)16-11-15(12)17(2,3)4;/h1-3,6,9-11,13-16,18-20H,4-5,7-8,17H2;5-8,10-11H,1-4H3;/q2*-1;. The van der Waals surface area contributed by atoms with Gasteiger partial charge in [0.05, 0.1) is 8.07 Å². The van der Waals surface area contributed by atoms with Crippen molar-refractivity contribution >= 4 is 44.8 Å². The summed E-state index contributed by atoms with van der Waals surface area (Å²) in [6.07, 6.45) is 10.7.